The van der Waals surface area contributed by atoms with Gasteiger partial charge in [0.1, 0.15) is 5.75 Å². The molecule has 0 spiro atoms. The average molecular weight is 559 g/mol. The first-order valence-electron chi connectivity index (χ1n) is 11.3. The highest BCUT2D eigenvalue weighted by Crippen LogP contribution is 2.49. The van der Waals surface area contributed by atoms with Crippen LogP contribution in [0.4, 0.5) is 22.9 Å². The Kier molecular flexibility index (Phi) is 5.30. The van der Waals surface area contributed by atoms with Crippen LogP contribution in [0, 0.1) is 17.0 Å². The van der Waals surface area contributed by atoms with Crippen LogP contribution < -0.4 is 15.0 Å². The van der Waals surface area contributed by atoms with Crippen molar-refractivity contribution in [3.05, 3.63) is 98.1 Å². The molecule has 3 heterocycles. The minimum absolute atomic E-state index is 0.0287. The Morgan fingerprint density at radius 1 is 1.11 bits per heavy atom. The largest absolute Gasteiger partial charge is 0.496 e. The third kappa shape index (κ3) is 3.58. The number of ether oxygens (including phenoxy) is 1. The Balaban J connectivity index is 1.64. The van der Waals surface area contributed by atoms with E-state index in [-0.39, 0.29) is 17.4 Å². The zero-order valence-electron chi connectivity index (χ0n) is 19.7. The molecular weight excluding hydrogens is 540 g/mol. The summed E-state index contributed by atoms with van der Waals surface area (Å²) in [6, 6.07) is 18.9. The number of carbonyl (C=O) groups is 1. The maximum Gasteiger partial charge on any atom is 0.291 e. The summed E-state index contributed by atoms with van der Waals surface area (Å²) in [5.41, 5.74) is 4.34. The van der Waals surface area contributed by atoms with E-state index in [1.807, 2.05) is 54.3 Å². The standard InChI is InChI=1S/C26H19BrN6O4/c1-14-22-23(18-13-15(27)7-12-21(18)37-2)31-20-6-4-3-5-19(20)28-26(34)25(31)29-24(22)32(30-14)16-8-10-17(11-9-16)33(35)36/h3-13,23H,1-2H3,(H,28,34)/t23-/m1/s1. The van der Waals surface area contributed by atoms with Gasteiger partial charge in [-0.25, -0.2) is 9.67 Å². The van der Waals surface area contributed by atoms with Crippen molar-refractivity contribution in [1.82, 2.24) is 9.78 Å². The second kappa shape index (κ2) is 8.56. The van der Waals surface area contributed by atoms with Crippen LogP contribution >= 0.6 is 15.9 Å². The number of hydrogen-bond donors (Lipinski definition) is 1. The van der Waals surface area contributed by atoms with Crippen molar-refractivity contribution in [3.63, 3.8) is 0 Å². The van der Waals surface area contributed by atoms with E-state index in [1.54, 1.807) is 23.9 Å². The summed E-state index contributed by atoms with van der Waals surface area (Å²) in [4.78, 5) is 30.8. The van der Waals surface area contributed by atoms with Gasteiger partial charge in [0.2, 0.25) is 5.84 Å². The second-order valence-electron chi connectivity index (χ2n) is 8.57. The number of aryl methyl sites for hydroxylation is 1. The molecule has 0 unspecified atom stereocenters. The second-order valence-corrected chi connectivity index (χ2v) is 9.49. The molecule has 0 bridgehead atoms. The number of amidine groups is 1. The molecule has 6 rings (SSSR count). The number of rotatable bonds is 4. The van der Waals surface area contributed by atoms with E-state index in [4.69, 9.17) is 14.8 Å². The summed E-state index contributed by atoms with van der Waals surface area (Å²) in [5, 5.41) is 18.9. The summed E-state index contributed by atoms with van der Waals surface area (Å²) in [5.74, 6) is 0.976. The number of nitrogens with one attached hydrogen (secondary N) is 1. The molecule has 184 valence electrons. The minimum Gasteiger partial charge on any atom is -0.496 e. The molecule has 2 aliphatic heterocycles. The van der Waals surface area contributed by atoms with Gasteiger partial charge in [-0.2, -0.15) is 5.10 Å². The lowest BCUT2D eigenvalue weighted by Gasteiger charge is -2.40. The Bertz CT molecular complexity index is 1630. The Morgan fingerprint density at radius 3 is 2.59 bits per heavy atom. The number of nitro benzene ring substituents is 1. The van der Waals surface area contributed by atoms with Gasteiger partial charge < -0.3 is 15.0 Å². The van der Waals surface area contributed by atoms with E-state index in [0.29, 0.717) is 28.6 Å². The molecule has 0 saturated carbocycles. The van der Waals surface area contributed by atoms with Gasteiger partial charge in [-0.15, -0.1) is 0 Å². The number of amides is 1. The number of aromatic nitrogens is 2. The fourth-order valence-electron chi connectivity index (χ4n) is 4.85. The molecule has 4 aromatic rings. The van der Waals surface area contributed by atoms with E-state index in [9.17, 15) is 14.9 Å². The van der Waals surface area contributed by atoms with Crippen LogP contribution in [0.5, 0.6) is 5.75 Å². The maximum atomic E-state index is 13.3. The van der Waals surface area contributed by atoms with E-state index < -0.39 is 11.0 Å². The van der Waals surface area contributed by atoms with Crippen molar-refractivity contribution >= 4 is 50.6 Å². The molecule has 1 atom stereocenters. The summed E-state index contributed by atoms with van der Waals surface area (Å²) in [6.07, 6.45) is 0. The number of anilines is 2. The van der Waals surface area contributed by atoms with E-state index in [2.05, 4.69) is 21.2 Å². The van der Waals surface area contributed by atoms with Gasteiger partial charge in [0.05, 0.1) is 40.8 Å². The molecule has 10 nitrogen and oxygen atoms in total. The van der Waals surface area contributed by atoms with Crippen molar-refractivity contribution in [2.24, 2.45) is 4.99 Å². The molecule has 1 aromatic heterocycles. The van der Waals surface area contributed by atoms with Crippen molar-refractivity contribution in [2.45, 2.75) is 13.0 Å². The zero-order chi connectivity index (χ0) is 25.8. The maximum absolute atomic E-state index is 13.3. The van der Waals surface area contributed by atoms with Gasteiger partial charge in [-0.1, -0.05) is 28.1 Å². The fourth-order valence-corrected chi connectivity index (χ4v) is 5.23. The molecule has 0 saturated heterocycles. The molecule has 11 heteroatoms. The molecule has 0 fully saturated rings. The van der Waals surface area contributed by atoms with Crippen molar-refractivity contribution < 1.29 is 14.5 Å². The average Bonchev–Trinajstić information content (AvgIpc) is 3.23. The smallest absolute Gasteiger partial charge is 0.291 e. The lowest BCUT2D eigenvalue weighted by Crippen LogP contribution is -2.48. The van der Waals surface area contributed by atoms with Crippen molar-refractivity contribution in [2.75, 3.05) is 17.3 Å². The minimum atomic E-state index is -0.492. The molecule has 0 aliphatic carbocycles. The first-order chi connectivity index (χ1) is 17.9. The third-order valence-corrected chi connectivity index (χ3v) is 6.95. The molecule has 3 aromatic carbocycles. The Labute approximate surface area is 219 Å². The first-order valence-corrected chi connectivity index (χ1v) is 12.1. The fraction of sp³-hybridized carbons (Fsp3) is 0.115. The van der Waals surface area contributed by atoms with Crippen LogP contribution in [0.2, 0.25) is 0 Å². The number of fused-ring (bicyclic) bond motifs is 4. The van der Waals surface area contributed by atoms with E-state index >= 15 is 0 Å². The summed E-state index contributed by atoms with van der Waals surface area (Å²) < 4.78 is 8.22. The number of nitro groups is 1. The highest BCUT2D eigenvalue weighted by Gasteiger charge is 2.43. The van der Waals surface area contributed by atoms with Gasteiger partial charge in [-0.3, -0.25) is 14.9 Å². The number of benzene rings is 3. The summed E-state index contributed by atoms with van der Waals surface area (Å²) in [6.45, 7) is 1.88. The predicted molar refractivity (Wildman–Crippen MR) is 142 cm³/mol. The first kappa shape index (κ1) is 22.9. The van der Waals surface area contributed by atoms with Gasteiger partial charge in [-0.05, 0) is 49.4 Å². The zero-order valence-corrected chi connectivity index (χ0v) is 21.3. The van der Waals surface area contributed by atoms with Crippen LogP contribution in [0.25, 0.3) is 5.69 Å². The molecule has 2 aliphatic rings. The Hall–Kier alpha value is -4.51. The normalized spacial score (nSPS) is 15.8. The van der Waals surface area contributed by atoms with Crippen LogP contribution in [-0.4, -0.2) is 33.6 Å². The van der Waals surface area contributed by atoms with Crippen LogP contribution in [0.1, 0.15) is 22.9 Å². The molecule has 37 heavy (non-hydrogen) atoms. The van der Waals surface area contributed by atoms with Crippen LogP contribution in [0.15, 0.2) is 76.2 Å². The number of aliphatic imine (C=N–C) groups is 1. The lowest BCUT2D eigenvalue weighted by molar-refractivity contribution is -0.384. The molecule has 1 N–H and O–H groups in total. The topological polar surface area (TPSA) is 115 Å². The molecule has 0 radical (unpaired) electrons. The van der Waals surface area contributed by atoms with Crippen molar-refractivity contribution in [3.8, 4) is 11.4 Å². The highest BCUT2D eigenvalue weighted by molar-refractivity contribution is 9.10. The van der Waals surface area contributed by atoms with Crippen LogP contribution in [-0.2, 0) is 4.79 Å². The number of halogens is 1. The number of para-hydroxylation sites is 2. The number of methoxy groups -OCH3 is 1. The number of nitrogens with zero attached hydrogens (tertiary/aromatic N) is 5. The molecule has 1 amide bonds. The summed E-state index contributed by atoms with van der Waals surface area (Å²) in [7, 11) is 1.61. The third-order valence-electron chi connectivity index (χ3n) is 6.46. The monoisotopic (exact) mass is 558 g/mol. The van der Waals surface area contributed by atoms with Crippen LogP contribution in [0.3, 0.4) is 0 Å². The quantitative estimate of drug-likeness (QED) is 0.263. The van der Waals surface area contributed by atoms with E-state index in [0.717, 1.165) is 21.3 Å². The number of carbonyl (C=O) groups excluding carboxylic acids is 1. The SMILES string of the molecule is COc1ccc(Br)cc1[C@@H]1c2c(C)nn(-c3ccc([N+](=O)[O-])cc3)c2N=C2C(=O)Nc3ccccc3N21. The van der Waals surface area contributed by atoms with Gasteiger partial charge in [0.15, 0.2) is 5.82 Å². The Morgan fingerprint density at radius 2 is 1.86 bits per heavy atom. The number of non-ortho nitro benzene ring substituents is 1. The lowest BCUT2D eigenvalue weighted by atomic mass is 9.92. The van der Waals surface area contributed by atoms with Gasteiger partial charge in [0, 0.05) is 27.7 Å². The highest BCUT2D eigenvalue weighted by atomic mass is 79.9. The van der Waals surface area contributed by atoms with Gasteiger partial charge >= 0.3 is 0 Å². The predicted octanol–water partition coefficient (Wildman–Crippen LogP) is 5.45. The summed E-state index contributed by atoms with van der Waals surface area (Å²) >= 11 is 3.58. The van der Waals surface area contributed by atoms with E-state index in [1.165, 1.54) is 12.1 Å². The van der Waals surface area contributed by atoms with Gasteiger partial charge in [0.25, 0.3) is 11.6 Å². The van der Waals surface area contributed by atoms with Crippen molar-refractivity contribution in [1.29, 1.82) is 0 Å². The number of hydrogen-bond acceptors (Lipinski definition) is 7. The molecular formula is C26H19BrN6O4.